The second-order valence-electron chi connectivity index (χ2n) is 7.87. The average molecular weight is 376 g/mol. The molecule has 1 aliphatic heterocycles. The van der Waals surface area contributed by atoms with Gasteiger partial charge < -0.3 is 19.7 Å². The van der Waals surface area contributed by atoms with Gasteiger partial charge >= 0.3 is 12.1 Å². The van der Waals surface area contributed by atoms with E-state index in [-0.39, 0.29) is 24.0 Å². The van der Waals surface area contributed by atoms with E-state index in [1.165, 1.54) is 5.56 Å². The van der Waals surface area contributed by atoms with E-state index in [0.717, 1.165) is 13.0 Å². The van der Waals surface area contributed by atoms with Crippen molar-refractivity contribution in [1.29, 1.82) is 0 Å². The molecule has 0 aliphatic carbocycles. The van der Waals surface area contributed by atoms with Crippen LogP contribution in [0, 0.1) is 5.92 Å². The van der Waals surface area contributed by atoms with Crippen LogP contribution in [0.25, 0.3) is 0 Å². The van der Waals surface area contributed by atoms with E-state index >= 15 is 0 Å². The summed E-state index contributed by atoms with van der Waals surface area (Å²) in [6, 6.07) is 10.2. The van der Waals surface area contributed by atoms with E-state index in [4.69, 9.17) is 9.47 Å². The van der Waals surface area contributed by atoms with Crippen LogP contribution in [0.2, 0.25) is 0 Å². The van der Waals surface area contributed by atoms with Gasteiger partial charge in [-0.15, -0.1) is 0 Å². The quantitative estimate of drug-likeness (QED) is 0.773. The van der Waals surface area contributed by atoms with Gasteiger partial charge in [0, 0.05) is 19.1 Å². The van der Waals surface area contributed by atoms with Gasteiger partial charge in [-0.3, -0.25) is 4.79 Å². The van der Waals surface area contributed by atoms with Crippen LogP contribution in [0.1, 0.15) is 39.7 Å². The average Bonchev–Trinajstić information content (AvgIpc) is 2.61. The van der Waals surface area contributed by atoms with Crippen LogP contribution in [0.15, 0.2) is 30.3 Å². The number of ether oxygens (including phenoxy) is 2. The third-order valence-electron chi connectivity index (χ3n) is 4.52. The van der Waals surface area contributed by atoms with Gasteiger partial charge in [0.2, 0.25) is 0 Å². The summed E-state index contributed by atoms with van der Waals surface area (Å²) >= 11 is 0. The van der Waals surface area contributed by atoms with Crippen molar-refractivity contribution in [3.63, 3.8) is 0 Å². The molecule has 2 rings (SSSR count). The maximum absolute atomic E-state index is 12.5. The molecule has 1 saturated heterocycles. The summed E-state index contributed by atoms with van der Waals surface area (Å²) in [6.45, 7) is 9.30. The zero-order valence-corrected chi connectivity index (χ0v) is 16.9. The van der Waals surface area contributed by atoms with Crippen molar-refractivity contribution in [1.82, 2.24) is 10.2 Å². The molecule has 2 atom stereocenters. The molecule has 150 valence electrons. The second-order valence-corrected chi connectivity index (χ2v) is 7.87. The summed E-state index contributed by atoms with van der Waals surface area (Å²) in [5.74, 6) is -0.648. The highest BCUT2D eigenvalue weighted by molar-refractivity contribution is 5.75. The largest absolute Gasteiger partial charge is 0.466 e. The van der Waals surface area contributed by atoms with Gasteiger partial charge in [0.05, 0.1) is 12.5 Å². The van der Waals surface area contributed by atoms with Gasteiger partial charge in [-0.05, 0) is 52.6 Å². The van der Waals surface area contributed by atoms with Crippen molar-refractivity contribution in [2.45, 2.75) is 52.2 Å². The van der Waals surface area contributed by atoms with Gasteiger partial charge in [0.25, 0.3) is 0 Å². The Morgan fingerprint density at radius 1 is 1.22 bits per heavy atom. The summed E-state index contributed by atoms with van der Waals surface area (Å²) in [4.78, 5) is 26.4. The first kappa shape index (κ1) is 21.2. The number of piperidine rings is 1. The van der Waals surface area contributed by atoms with Gasteiger partial charge in [0.15, 0.2) is 0 Å². The molecule has 0 aromatic heterocycles. The van der Waals surface area contributed by atoms with Crippen molar-refractivity contribution >= 4 is 12.1 Å². The van der Waals surface area contributed by atoms with Gasteiger partial charge in [0.1, 0.15) is 5.60 Å². The van der Waals surface area contributed by atoms with Crippen LogP contribution < -0.4 is 5.32 Å². The number of hydrogen-bond acceptors (Lipinski definition) is 5. The topological polar surface area (TPSA) is 67.9 Å². The minimum atomic E-state index is -0.554. The molecule has 0 radical (unpaired) electrons. The molecule has 0 saturated carbocycles. The molecular weight excluding hydrogens is 344 g/mol. The Bertz CT molecular complexity index is 612. The highest BCUT2D eigenvalue weighted by Crippen LogP contribution is 2.21. The Hall–Kier alpha value is -2.08. The molecular formula is C21H32N2O4. The summed E-state index contributed by atoms with van der Waals surface area (Å²) in [7, 11) is 0. The number of hydrogen-bond donors (Lipinski definition) is 1. The van der Waals surface area contributed by atoms with Gasteiger partial charge in [-0.25, -0.2) is 4.79 Å². The monoisotopic (exact) mass is 376 g/mol. The highest BCUT2D eigenvalue weighted by Gasteiger charge is 2.38. The van der Waals surface area contributed by atoms with Crippen molar-refractivity contribution in [2.24, 2.45) is 5.92 Å². The number of benzene rings is 1. The summed E-state index contributed by atoms with van der Waals surface area (Å²) in [5.41, 5.74) is 0.699. The molecule has 1 aromatic rings. The smallest absolute Gasteiger partial charge is 0.410 e. The van der Waals surface area contributed by atoms with Crippen molar-refractivity contribution in [2.75, 3.05) is 26.2 Å². The molecule has 2 unspecified atom stereocenters. The predicted molar refractivity (Wildman–Crippen MR) is 104 cm³/mol. The summed E-state index contributed by atoms with van der Waals surface area (Å²) < 4.78 is 10.7. The SMILES string of the molecule is CCOC(=O)C1CN(C(=O)OC(C)(C)C)CCC1NCCc1ccccc1. The maximum atomic E-state index is 12.5. The Balaban J connectivity index is 1.95. The molecule has 27 heavy (non-hydrogen) atoms. The highest BCUT2D eigenvalue weighted by atomic mass is 16.6. The van der Waals surface area contributed by atoms with Crippen molar-refractivity contribution in [3.05, 3.63) is 35.9 Å². The molecule has 0 spiro atoms. The molecule has 6 heteroatoms. The zero-order chi connectivity index (χ0) is 19.9. The van der Waals surface area contributed by atoms with E-state index in [2.05, 4.69) is 17.4 Å². The number of amides is 1. The van der Waals surface area contributed by atoms with Crippen LogP contribution in [-0.2, 0) is 20.7 Å². The fraction of sp³-hybridized carbons (Fsp3) is 0.619. The fourth-order valence-corrected chi connectivity index (χ4v) is 3.22. The fourth-order valence-electron chi connectivity index (χ4n) is 3.22. The number of nitrogens with zero attached hydrogens (tertiary/aromatic N) is 1. The lowest BCUT2D eigenvalue weighted by atomic mass is 9.92. The molecule has 1 amide bonds. The molecule has 1 aliphatic rings. The first-order valence-electron chi connectivity index (χ1n) is 9.72. The van der Waals surface area contributed by atoms with Crippen LogP contribution in [-0.4, -0.2) is 54.8 Å². The Morgan fingerprint density at radius 2 is 1.93 bits per heavy atom. The lowest BCUT2D eigenvalue weighted by molar-refractivity contribution is -0.150. The molecule has 6 nitrogen and oxygen atoms in total. The third kappa shape index (κ3) is 6.86. The summed E-state index contributed by atoms with van der Waals surface area (Å²) in [5, 5.41) is 3.49. The zero-order valence-electron chi connectivity index (χ0n) is 16.9. The molecule has 1 fully saturated rings. The van der Waals surface area contributed by atoms with E-state index in [9.17, 15) is 9.59 Å². The second kappa shape index (κ2) is 9.74. The first-order valence-corrected chi connectivity index (χ1v) is 9.72. The minimum absolute atomic E-state index is 0.00792. The van der Waals surface area contributed by atoms with Crippen molar-refractivity contribution < 1.29 is 19.1 Å². The lowest BCUT2D eigenvalue weighted by Crippen LogP contribution is -2.55. The number of rotatable bonds is 6. The predicted octanol–water partition coefficient (Wildman–Crippen LogP) is 3.01. The standard InChI is InChI=1S/C21H32N2O4/c1-5-26-19(24)17-15-23(20(25)27-21(2,3)4)14-12-18(17)22-13-11-16-9-7-6-8-10-16/h6-10,17-18,22H,5,11-15H2,1-4H3. The van der Waals surface area contributed by atoms with Crippen LogP contribution >= 0.6 is 0 Å². The Kier molecular flexibility index (Phi) is 7.66. The maximum Gasteiger partial charge on any atom is 0.410 e. The third-order valence-corrected chi connectivity index (χ3v) is 4.52. The Morgan fingerprint density at radius 3 is 2.56 bits per heavy atom. The number of nitrogens with one attached hydrogen (secondary N) is 1. The minimum Gasteiger partial charge on any atom is -0.466 e. The normalized spacial score (nSPS) is 20.2. The number of carbonyl (C=O) groups is 2. The number of likely N-dealkylation sites (tertiary alicyclic amines) is 1. The van der Waals surface area contributed by atoms with Crippen molar-refractivity contribution in [3.8, 4) is 0 Å². The molecule has 0 bridgehead atoms. The van der Waals surface area contributed by atoms with E-state index < -0.39 is 5.60 Å². The molecule has 1 heterocycles. The number of carbonyl (C=O) groups excluding carboxylic acids is 2. The number of esters is 1. The van der Waals surface area contributed by atoms with E-state index in [1.54, 1.807) is 11.8 Å². The molecule has 1 N–H and O–H groups in total. The van der Waals surface area contributed by atoms with E-state index in [0.29, 0.717) is 26.1 Å². The van der Waals surface area contributed by atoms with Gasteiger partial charge in [-0.1, -0.05) is 30.3 Å². The summed E-state index contributed by atoms with van der Waals surface area (Å²) in [6.07, 6.45) is 1.21. The van der Waals surface area contributed by atoms with Crippen LogP contribution in [0.3, 0.4) is 0 Å². The van der Waals surface area contributed by atoms with Crippen LogP contribution in [0.4, 0.5) is 4.79 Å². The van der Waals surface area contributed by atoms with Crippen LogP contribution in [0.5, 0.6) is 0 Å². The Labute approximate surface area is 162 Å². The van der Waals surface area contributed by atoms with Gasteiger partial charge in [-0.2, -0.15) is 0 Å². The van der Waals surface area contributed by atoms with E-state index in [1.807, 2.05) is 39.0 Å². The molecule has 1 aromatic carbocycles. The first-order chi connectivity index (χ1) is 12.8. The lowest BCUT2D eigenvalue weighted by Gasteiger charge is -2.38.